The molecule has 1 saturated heterocycles. The van der Waals surface area contributed by atoms with E-state index in [1.807, 2.05) is 11.4 Å². The van der Waals surface area contributed by atoms with Crippen LogP contribution in [0, 0.1) is 11.8 Å². The molecule has 0 spiro atoms. The van der Waals surface area contributed by atoms with Gasteiger partial charge in [-0.2, -0.15) is 0 Å². The normalized spacial score (nSPS) is 18.3. The highest BCUT2D eigenvalue weighted by Gasteiger charge is 2.34. The number of ether oxygens (including phenoxy) is 2. The van der Waals surface area contributed by atoms with Crippen molar-refractivity contribution in [2.75, 3.05) is 31.8 Å². The van der Waals surface area contributed by atoms with Gasteiger partial charge in [-0.1, -0.05) is 11.8 Å². The van der Waals surface area contributed by atoms with Crippen LogP contribution in [-0.2, 0) is 16.0 Å². The van der Waals surface area contributed by atoms with E-state index in [0.717, 1.165) is 11.3 Å². The van der Waals surface area contributed by atoms with E-state index in [0.29, 0.717) is 23.4 Å². The molecule has 0 radical (unpaired) electrons. The summed E-state index contributed by atoms with van der Waals surface area (Å²) in [4.78, 5) is 35.9. The Kier molecular flexibility index (Phi) is 6.21. The summed E-state index contributed by atoms with van der Waals surface area (Å²) in [5.74, 6) is 5.43. The smallest absolute Gasteiger partial charge is 0.270 e. The minimum absolute atomic E-state index is 0.0253. The minimum Gasteiger partial charge on any atom is -0.489 e. The molecule has 0 aliphatic carbocycles. The Hall–Kier alpha value is -3.78. The van der Waals surface area contributed by atoms with E-state index in [1.54, 1.807) is 43.0 Å². The Morgan fingerprint density at radius 3 is 2.91 bits per heavy atom. The monoisotopic (exact) mass is 490 g/mol. The molecule has 5 rings (SSSR count). The second-order valence-electron chi connectivity index (χ2n) is 8.40. The molecule has 0 unspecified atom stereocenters. The number of amides is 2. The maximum Gasteiger partial charge on any atom is 0.270 e. The quantitative estimate of drug-likeness (QED) is 0.532. The number of carbonyl (C=O) groups is 2. The van der Waals surface area contributed by atoms with Gasteiger partial charge in [0, 0.05) is 30.6 Å². The number of anilines is 1. The van der Waals surface area contributed by atoms with Crippen molar-refractivity contribution in [1.82, 2.24) is 15.3 Å². The number of nitrogens with one attached hydrogen (secondary N) is 1. The number of nitrogens with zero attached hydrogens (tertiary/aromatic N) is 3. The van der Waals surface area contributed by atoms with Gasteiger partial charge < -0.3 is 24.8 Å². The second-order valence-corrected chi connectivity index (χ2v) is 9.12. The van der Waals surface area contributed by atoms with Gasteiger partial charge >= 0.3 is 0 Å². The topological polar surface area (TPSA) is 114 Å². The highest BCUT2D eigenvalue weighted by molar-refractivity contribution is 7.07. The van der Waals surface area contributed by atoms with Crippen molar-refractivity contribution in [3.63, 3.8) is 0 Å². The summed E-state index contributed by atoms with van der Waals surface area (Å²) in [6.45, 7) is 0.329. The molecular weight excluding hydrogens is 468 g/mol. The van der Waals surface area contributed by atoms with Gasteiger partial charge in [-0.25, -0.2) is 4.98 Å². The molecule has 178 valence electrons. The summed E-state index contributed by atoms with van der Waals surface area (Å²) < 4.78 is 10.8. The fourth-order valence-electron chi connectivity index (χ4n) is 3.71. The zero-order chi connectivity index (χ0) is 24.4. The highest BCUT2D eigenvalue weighted by Crippen LogP contribution is 2.31. The molecule has 2 aromatic heterocycles. The number of likely N-dealkylation sites (N-methyl/N-ethyl adjacent to an activating group) is 1. The number of fused-ring (bicyclic) bond motifs is 1. The first kappa shape index (κ1) is 23.0. The summed E-state index contributed by atoms with van der Waals surface area (Å²) in [6.07, 6.45) is 2.16. The third-order valence-electron chi connectivity index (χ3n) is 5.71. The first-order chi connectivity index (χ1) is 16.9. The molecule has 10 heteroatoms. The summed E-state index contributed by atoms with van der Waals surface area (Å²) in [7, 11) is 1.62. The fraction of sp³-hybridized carbons (Fsp3) is 0.280. The number of aliphatic hydroxyl groups is 1. The van der Waals surface area contributed by atoms with Crippen molar-refractivity contribution in [1.29, 1.82) is 0 Å². The van der Waals surface area contributed by atoms with E-state index in [9.17, 15) is 14.7 Å². The van der Waals surface area contributed by atoms with Crippen molar-refractivity contribution in [3.05, 3.63) is 69.9 Å². The van der Waals surface area contributed by atoms with E-state index in [-0.39, 0.29) is 31.4 Å². The Labute approximate surface area is 205 Å². The molecule has 1 fully saturated rings. The maximum atomic E-state index is 13.1. The second kappa shape index (κ2) is 9.46. The van der Waals surface area contributed by atoms with Crippen LogP contribution in [0.15, 0.2) is 47.4 Å². The zero-order valence-corrected chi connectivity index (χ0v) is 19.7. The molecule has 3 aromatic rings. The van der Waals surface area contributed by atoms with Crippen LogP contribution in [0.4, 0.5) is 5.69 Å². The van der Waals surface area contributed by atoms with E-state index in [4.69, 9.17) is 9.47 Å². The lowest BCUT2D eigenvalue weighted by Crippen LogP contribution is -2.49. The Morgan fingerprint density at radius 2 is 2.17 bits per heavy atom. The molecule has 9 nitrogen and oxygen atoms in total. The summed E-state index contributed by atoms with van der Waals surface area (Å²) >= 11 is 1.51. The van der Waals surface area contributed by atoms with Gasteiger partial charge in [-0.05, 0) is 35.9 Å². The van der Waals surface area contributed by atoms with Crippen molar-refractivity contribution >= 4 is 28.8 Å². The number of rotatable bonds is 4. The number of pyridine rings is 1. The molecule has 0 saturated carbocycles. The van der Waals surface area contributed by atoms with Gasteiger partial charge in [-0.3, -0.25) is 14.6 Å². The average Bonchev–Trinajstić information content (AvgIpc) is 3.32. The van der Waals surface area contributed by atoms with Crippen molar-refractivity contribution in [2.24, 2.45) is 0 Å². The van der Waals surface area contributed by atoms with E-state index >= 15 is 0 Å². The largest absolute Gasteiger partial charge is 0.489 e. The van der Waals surface area contributed by atoms with Gasteiger partial charge in [0.25, 0.3) is 11.8 Å². The van der Waals surface area contributed by atoms with Crippen LogP contribution >= 0.6 is 11.3 Å². The first-order valence-corrected chi connectivity index (χ1v) is 11.9. The first-order valence-electron chi connectivity index (χ1n) is 10.9. The Bertz CT molecular complexity index is 1330. The lowest BCUT2D eigenvalue weighted by Gasteiger charge is -2.30. The number of hydrogen-bond donors (Lipinski definition) is 2. The van der Waals surface area contributed by atoms with Gasteiger partial charge in [0.2, 0.25) is 0 Å². The van der Waals surface area contributed by atoms with Crippen LogP contribution in [-0.4, -0.2) is 65.4 Å². The van der Waals surface area contributed by atoms with Crippen LogP contribution in [0.25, 0.3) is 0 Å². The van der Waals surface area contributed by atoms with Crippen LogP contribution in [0.2, 0.25) is 0 Å². The molecule has 1 atom stereocenters. The number of thiazole rings is 1. The predicted molar refractivity (Wildman–Crippen MR) is 128 cm³/mol. The Balaban J connectivity index is 1.29. The van der Waals surface area contributed by atoms with Gasteiger partial charge in [0.15, 0.2) is 5.60 Å². The summed E-state index contributed by atoms with van der Waals surface area (Å²) in [5, 5.41) is 14.8. The molecular formula is C25H22N4O5S. The van der Waals surface area contributed by atoms with Crippen molar-refractivity contribution in [3.8, 4) is 17.6 Å². The van der Waals surface area contributed by atoms with Crippen LogP contribution < -0.4 is 15.0 Å². The molecule has 2 amide bonds. The summed E-state index contributed by atoms with van der Waals surface area (Å²) in [6, 6.07) is 7.82. The number of benzene rings is 1. The number of carbonyl (C=O) groups excluding carboxylic acids is 2. The zero-order valence-electron chi connectivity index (χ0n) is 18.9. The van der Waals surface area contributed by atoms with E-state index in [2.05, 4.69) is 27.1 Å². The molecule has 2 aliphatic rings. The van der Waals surface area contributed by atoms with E-state index < -0.39 is 17.6 Å². The molecule has 4 heterocycles. The SMILES string of the molecule is CN1C(=O)[C@@H](NC(=O)c2cc(Cc3cscn3)ccn2)COc2ccc(C#CC3(O)COC3)cc21. The van der Waals surface area contributed by atoms with Crippen LogP contribution in [0.1, 0.15) is 27.3 Å². The van der Waals surface area contributed by atoms with Crippen LogP contribution in [0.5, 0.6) is 5.75 Å². The lowest BCUT2D eigenvalue weighted by molar-refractivity contribution is -0.140. The van der Waals surface area contributed by atoms with Gasteiger partial charge in [0.1, 0.15) is 24.1 Å². The molecule has 2 aliphatic heterocycles. The van der Waals surface area contributed by atoms with Crippen molar-refractivity contribution in [2.45, 2.75) is 18.1 Å². The lowest BCUT2D eigenvalue weighted by atomic mass is 10.0. The third kappa shape index (κ3) is 5.02. The van der Waals surface area contributed by atoms with Crippen molar-refractivity contribution < 1.29 is 24.2 Å². The number of aromatic nitrogens is 2. The Morgan fingerprint density at radius 1 is 1.31 bits per heavy atom. The molecule has 2 N–H and O–H groups in total. The standard InChI is InChI=1S/C25H22N4O5S/c1-29-21-10-16(4-6-25(32)13-33-14-25)2-3-22(21)34-11-20(24(29)31)28-23(30)19-9-17(5-7-26-19)8-18-12-35-15-27-18/h2-3,5,7,9-10,12,15,20,32H,8,11,13-14H2,1H3,(H,28,30)/t20-/m0/s1. The molecule has 35 heavy (non-hydrogen) atoms. The van der Waals surface area contributed by atoms with Gasteiger partial charge in [-0.15, -0.1) is 11.3 Å². The molecule has 1 aromatic carbocycles. The average molecular weight is 491 g/mol. The maximum absolute atomic E-state index is 13.1. The molecule has 0 bridgehead atoms. The third-order valence-corrected chi connectivity index (χ3v) is 6.34. The van der Waals surface area contributed by atoms with Gasteiger partial charge in [0.05, 0.1) is 30.1 Å². The fourth-order valence-corrected chi connectivity index (χ4v) is 4.27. The number of hydrogen-bond acceptors (Lipinski definition) is 8. The van der Waals surface area contributed by atoms with Crippen LogP contribution in [0.3, 0.4) is 0 Å². The van der Waals surface area contributed by atoms with E-state index in [1.165, 1.54) is 16.2 Å². The summed E-state index contributed by atoms with van der Waals surface area (Å²) in [5.41, 5.74) is 3.80. The highest BCUT2D eigenvalue weighted by atomic mass is 32.1. The minimum atomic E-state index is -1.13. The predicted octanol–water partition coefficient (Wildman–Crippen LogP) is 1.40.